The predicted octanol–water partition coefficient (Wildman–Crippen LogP) is 0.169. The summed E-state index contributed by atoms with van der Waals surface area (Å²) in [5, 5.41) is 11.1. The van der Waals surface area contributed by atoms with Gasteiger partial charge >= 0.3 is 0 Å². The largest absolute Gasteiger partial charge is 0.383 e. The predicted molar refractivity (Wildman–Crippen MR) is 77.9 cm³/mol. The molecule has 20 heavy (non-hydrogen) atoms. The minimum absolute atomic E-state index is 0.150. The molecule has 0 bridgehead atoms. The van der Waals surface area contributed by atoms with E-state index < -0.39 is 0 Å². The van der Waals surface area contributed by atoms with E-state index >= 15 is 0 Å². The fraction of sp³-hybridized carbons (Fsp3) is 0.615. The van der Waals surface area contributed by atoms with Crippen LogP contribution in [0, 0.1) is 0 Å². The van der Waals surface area contributed by atoms with Crippen molar-refractivity contribution in [1.82, 2.24) is 20.0 Å². The van der Waals surface area contributed by atoms with Gasteiger partial charge in [-0.15, -0.1) is 10.2 Å². The van der Waals surface area contributed by atoms with Crippen molar-refractivity contribution in [2.45, 2.75) is 0 Å². The van der Waals surface area contributed by atoms with Crippen molar-refractivity contribution in [2.24, 2.45) is 0 Å². The van der Waals surface area contributed by atoms with Crippen molar-refractivity contribution in [2.75, 3.05) is 59.8 Å². The molecule has 7 nitrogen and oxygen atoms in total. The minimum atomic E-state index is -0.150. The third-order valence-corrected chi connectivity index (χ3v) is 2.77. The number of carbonyl (C=O) groups is 1. The maximum Gasteiger partial charge on any atom is 0.273 e. The quantitative estimate of drug-likeness (QED) is 0.732. The molecule has 1 N–H and O–H groups in total. The smallest absolute Gasteiger partial charge is 0.273 e. The lowest BCUT2D eigenvalue weighted by molar-refractivity contribution is 0.0821. The van der Waals surface area contributed by atoms with Crippen molar-refractivity contribution in [3.05, 3.63) is 17.8 Å². The zero-order valence-corrected chi connectivity index (χ0v) is 12.6. The summed E-state index contributed by atoms with van der Waals surface area (Å²) in [4.78, 5) is 15.3. The van der Waals surface area contributed by atoms with Crippen molar-refractivity contribution in [1.29, 1.82) is 0 Å². The van der Waals surface area contributed by atoms with Gasteiger partial charge in [0.15, 0.2) is 5.69 Å². The summed E-state index contributed by atoms with van der Waals surface area (Å²) in [6.45, 7) is 3.25. The lowest BCUT2D eigenvalue weighted by Crippen LogP contribution is -2.28. The number of nitrogens with one attached hydrogen (secondary N) is 1. The second kappa shape index (κ2) is 8.44. The first kappa shape index (κ1) is 16.3. The molecule has 112 valence electrons. The van der Waals surface area contributed by atoms with Gasteiger partial charge in [0.25, 0.3) is 5.91 Å². The number of rotatable bonds is 8. The first-order valence-electron chi connectivity index (χ1n) is 6.51. The molecule has 0 saturated carbocycles. The van der Waals surface area contributed by atoms with Gasteiger partial charge in [0, 0.05) is 40.8 Å². The first-order chi connectivity index (χ1) is 9.54. The fourth-order valence-electron chi connectivity index (χ4n) is 1.50. The Morgan fingerprint density at radius 2 is 2.00 bits per heavy atom. The minimum Gasteiger partial charge on any atom is -0.383 e. The Bertz CT molecular complexity index is 408. The highest BCUT2D eigenvalue weighted by Gasteiger charge is 2.09. The van der Waals surface area contributed by atoms with Gasteiger partial charge in [-0.1, -0.05) is 0 Å². The van der Waals surface area contributed by atoms with Gasteiger partial charge in [-0.2, -0.15) is 0 Å². The standard InChI is InChI=1S/C13H23N5O2/c1-17(2)13(19)11-5-6-12(16-15-11)14-7-8-18(3)9-10-20-4/h5-6H,7-10H2,1-4H3,(H,14,16). The van der Waals surface area contributed by atoms with Crippen molar-refractivity contribution < 1.29 is 9.53 Å². The Morgan fingerprint density at radius 1 is 1.25 bits per heavy atom. The van der Waals surface area contributed by atoms with E-state index in [-0.39, 0.29) is 5.91 Å². The summed E-state index contributed by atoms with van der Waals surface area (Å²) in [6, 6.07) is 3.44. The molecular formula is C13H23N5O2. The lowest BCUT2D eigenvalue weighted by atomic mass is 10.3. The molecule has 0 aromatic carbocycles. The molecule has 1 heterocycles. The number of nitrogens with zero attached hydrogens (tertiary/aromatic N) is 4. The number of amides is 1. The number of aromatic nitrogens is 2. The molecule has 0 fully saturated rings. The highest BCUT2D eigenvalue weighted by Crippen LogP contribution is 2.03. The van der Waals surface area contributed by atoms with Crippen LogP contribution in [0.1, 0.15) is 10.5 Å². The van der Waals surface area contributed by atoms with Crippen LogP contribution >= 0.6 is 0 Å². The average molecular weight is 281 g/mol. The van der Waals surface area contributed by atoms with Gasteiger partial charge in [0.05, 0.1) is 6.61 Å². The molecular weight excluding hydrogens is 258 g/mol. The monoisotopic (exact) mass is 281 g/mol. The number of carbonyl (C=O) groups excluding carboxylic acids is 1. The summed E-state index contributed by atoms with van der Waals surface area (Å²) in [5.74, 6) is 0.517. The van der Waals surface area contributed by atoms with Gasteiger partial charge in [-0.25, -0.2) is 0 Å². The highest BCUT2D eigenvalue weighted by atomic mass is 16.5. The van der Waals surface area contributed by atoms with Gasteiger partial charge in [-0.05, 0) is 19.2 Å². The molecule has 0 unspecified atom stereocenters. The topological polar surface area (TPSA) is 70.6 Å². The van der Waals surface area contributed by atoms with Crippen molar-refractivity contribution in [3.63, 3.8) is 0 Å². The maximum absolute atomic E-state index is 11.6. The van der Waals surface area contributed by atoms with Crippen LogP contribution in [-0.4, -0.2) is 80.4 Å². The lowest BCUT2D eigenvalue weighted by Gasteiger charge is -2.16. The average Bonchev–Trinajstić information content (AvgIpc) is 2.45. The van der Waals surface area contributed by atoms with E-state index in [1.165, 1.54) is 4.90 Å². The van der Waals surface area contributed by atoms with Gasteiger partial charge in [0.2, 0.25) is 0 Å². The number of likely N-dealkylation sites (N-methyl/N-ethyl adjacent to an activating group) is 1. The number of hydrogen-bond acceptors (Lipinski definition) is 6. The van der Waals surface area contributed by atoms with Crippen molar-refractivity contribution in [3.8, 4) is 0 Å². The molecule has 0 spiro atoms. The molecule has 1 amide bonds. The highest BCUT2D eigenvalue weighted by molar-refractivity contribution is 5.91. The molecule has 0 radical (unpaired) electrons. The van der Waals surface area contributed by atoms with E-state index in [4.69, 9.17) is 4.74 Å². The third kappa shape index (κ3) is 5.50. The van der Waals surface area contributed by atoms with Crippen molar-refractivity contribution >= 4 is 11.7 Å². The van der Waals surface area contributed by atoms with E-state index in [9.17, 15) is 4.79 Å². The van der Waals surface area contributed by atoms with Gasteiger partial charge < -0.3 is 19.9 Å². The van der Waals surface area contributed by atoms with Gasteiger partial charge in [0.1, 0.15) is 5.82 Å². The summed E-state index contributed by atoms with van der Waals surface area (Å²) in [5.41, 5.74) is 0.345. The zero-order chi connectivity index (χ0) is 15.0. The van der Waals surface area contributed by atoms with E-state index in [0.29, 0.717) is 11.5 Å². The van der Waals surface area contributed by atoms with E-state index in [0.717, 1.165) is 26.2 Å². The van der Waals surface area contributed by atoms with Crippen LogP contribution in [0.25, 0.3) is 0 Å². The van der Waals surface area contributed by atoms with Crippen LogP contribution in [0.15, 0.2) is 12.1 Å². The van der Waals surface area contributed by atoms with E-state index in [1.54, 1.807) is 33.3 Å². The third-order valence-electron chi connectivity index (χ3n) is 2.77. The van der Waals surface area contributed by atoms with Crippen LogP contribution in [-0.2, 0) is 4.74 Å². The summed E-state index contributed by atoms with van der Waals surface area (Å²) in [6.07, 6.45) is 0. The van der Waals surface area contributed by atoms with Crippen LogP contribution < -0.4 is 5.32 Å². The SMILES string of the molecule is COCCN(C)CCNc1ccc(C(=O)N(C)C)nn1. The summed E-state index contributed by atoms with van der Waals surface area (Å²) in [7, 11) is 7.10. The number of anilines is 1. The summed E-state index contributed by atoms with van der Waals surface area (Å²) < 4.78 is 5.01. The van der Waals surface area contributed by atoms with E-state index in [2.05, 4.69) is 20.4 Å². The van der Waals surface area contributed by atoms with E-state index in [1.807, 2.05) is 7.05 Å². The molecule has 0 aliphatic rings. The second-order valence-electron chi connectivity index (χ2n) is 4.73. The Morgan fingerprint density at radius 3 is 2.55 bits per heavy atom. The zero-order valence-electron chi connectivity index (χ0n) is 12.6. The molecule has 7 heteroatoms. The molecule has 1 aromatic rings. The van der Waals surface area contributed by atoms with Crippen LogP contribution in [0.3, 0.4) is 0 Å². The van der Waals surface area contributed by atoms with Crippen LogP contribution in [0.2, 0.25) is 0 Å². The Kier molecular flexibility index (Phi) is 6.89. The van der Waals surface area contributed by atoms with Gasteiger partial charge in [-0.3, -0.25) is 4.79 Å². The normalized spacial score (nSPS) is 10.7. The summed E-state index contributed by atoms with van der Waals surface area (Å²) >= 11 is 0. The number of hydrogen-bond donors (Lipinski definition) is 1. The fourth-order valence-corrected chi connectivity index (χ4v) is 1.50. The Balaban J connectivity index is 2.37. The Hall–Kier alpha value is -1.73. The Labute approximate surface area is 119 Å². The molecule has 0 aliphatic heterocycles. The molecule has 1 aromatic heterocycles. The first-order valence-corrected chi connectivity index (χ1v) is 6.51. The molecule has 0 atom stereocenters. The molecule has 0 saturated heterocycles. The maximum atomic E-state index is 11.6. The number of methoxy groups -OCH3 is 1. The molecule has 0 aliphatic carbocycles. The van der Waals surface area contributed by atoms with Crippen LogP contribution in [0.5, 0.6) is 0 Å². The molecule has 1 rings (SSSR count). The number of ether oxygens (including phenoxy) is 1. The van der Waals surface area contributed by atoms with Crippen LogP contribution in [0.4, 0.5) is 5.82 Å². The second-order valence-corrected chi connectivity index (χ2v) is 4.73.